The SMILES string of the molecule is CCn1cc(C(=O)N(CC(=O)O)Cc2ccc(C(F)(F)F)cc2)cn1. The van der Waals surface area contributed by atoms with Crippen LogP contribution in [0.3, 0.4) is 0 Å². The molecule has 0 saturated heterocycles. The fourth-order valence-electron chi connectivity index (χ4n) is 2.21. The van der Waals surface area contributed by atoms with Crippen molar-refractivity contribution >= 4 is 11.9 Å². The summed E-state index contributed by atoms with van der Waals surface area (Å²) in [7, 11) is 0. The summed E-state index contributed by atoms with van der Waals surface area (Å²) in [5.41, 5.74) is -0.197. The molecule has 1 N–H and O–H groups in total. The van der Waals surface area contributed by atoms with Gasteiger partial charge >= 0.3 is 12.1 Å². The van der Waals surface area contributed by atoms with Gasteiger partial charge in [0.2, 0.25) is 0 Å². The topological polar surface area (TPSA) is 75.4 Å². The maximum atomic E-state index is 12.6. The number of aryl methyl sites for hydroxylation is 1. The van der Waals surface area contributed by atoms with Crippen LogP contribution in [0.5, 0.6) is 0 Å². The summed E-state index contributed by atoms with van der Waals surface area (Å²) in [4.78, 5) is 24.5. The number of alkyl halides is 3. The molecule has 2 rings (SSSR count). The molecule has 1 aromatic heterocycles. The van der Waals surface area contributed by atoms with Crippen LogP contribution >= 0.6 is 0 Å². The van der Waals surface area contributed by atoms with Gasteiger partial charge in [-0.05, 0) is 24.6 Å². The van der Waals surface area contributed by atoms with Crippen molar-refractivity contribution in [1.82, 2.24) is 14.7 Å². The van der Waals surface area contributed by atoms with E-state index in [9.17, 15) is 22.8 Å². The zero-order valence-electron chi connectivity index (χ0n) is 13.3. The lowest BCUT2D eigenvalue weighted by atomic mass is 10.1. The molecule has 25 heavy (non-hydrogen) atoms. The summed E-state index contributed by atoms with van der Waals surface area (Å²) < 4.78 is 39.3. The highest BCUT2D eigenvalue weighted by Crippen LogP contribution is 2.29. The quantitative estimate of drug-likeness (QED) is 0.864. The Morgan fingerprint density at radius 3 is 2.36 bits per heavy atom. The van der Waals surface area contributed by atoms with Gasteiger partial charge in [0.15, 0.2) is 0 Å². The molecule has 1 aromatic carbocycles. The number of hydrogen-bond donors (Lipinski definition) is 1. The van der Waals surface area contributed by atoms with Crippen LogP contribution in [0.25, 0.3) is 0 Å². The van der Waals surface area contributed by atoms with E-state index in [1.165, 1.54) is 29.2 Å². The van der Waals surface area contributed by atoms with E-state index in [0.717, 1.165) is 17.0 Å². The van der Waals surface area contributed by atoms with E-state index in [2.05, 4.69) is 5.10 Å². The molecule has 0 spiro atoms. The molecular weight excluding hydrogens is 339 g/mol. The van der Waals surface area contributed by atoms with Gasteiger partial charge in [-0.15, -0.1) is 0 Å². The lowest BCUT2D eigenvalue weighted by Crippen LogP contribution is -2.35. The van der Waals surface area contributed by atoms with Crippen molar-refractivity contribution < 1.29 is 27.9 Å². The summed E-state index contributed by atoms with van der Waals surface area (Å²) in [6, 6.07) is 4.24. The average Bonchev–Trinajstić information content (AvgIpc) is 3.02. The first-order valence-electron chi connectivity index (χ1n) is 7.40. The average molecular weight is 355 g/mol. The van der Waals surface area contributed by atoms with Crippen molar-refractivity contribution in [3.8, 4) is 0 Å². The molecule has 0 aliphatic carbocycles. The van der Waals surface area contributed by atoms with Crippen molar-refractivity contribution in [2.75, 3.05) is 6.54 Å². The number of carboxylic acids is 1. The molecule has 2 aromatic rings. The molecule has 0 fully saturated rings. The van der Waals surface area contributed by atoms with E-state index in [1.54, 1.807) is 0 Å². The van der Waals surface area contributed by atoms with E-state index < -0.39 is 30.2 Å². The van der Waals surface area contributed by atoms with Gasteiger partial charge in [-0.3, -0.25) is 14.3 Å². The van der Waals surface area contributed by atoms with Gasteiger partial charge in [0.05, 0.1) is 17.3 Å². The number of halogens is 3. The van der Waals surface area contributed by atoms with Gasteiger partial charge in [0.1, 0.15) is 6.54 Å². The normalized spacial score (nSPS) is 11.4. The van der Waals surface area contributed by atoms with E-state index in [1.807, 2.05) is 6.92 Å². The lowest BCUT2D eigenvalue weighted by Gasteiger charge is -2.20. The van der Waals surface area contributed by atoms with Crippen LogP contribution in [0.1, 0.15) is 28.4 Å². The summed E-state index contributed by atoms with van der Waals surface area (Å²) in [6.07, 6.45) is -1.64. The first-order chi connectivity index (χ1) is 11.7. The zero-order chi connectivity index (χ0) is 18.6. The summed E-state index contributed by atoms with van der Waals surface area (Å²) >= 11 is 0. The Morgan fingerprint density at radius 1 is 1.24 bits per heavy atom. The molecule has 6 nitrogen and oxygen atoms in total. The number of benzene rings is 1. The van der Waals surface area contributed by atoms with Gasteiger partial charge in [0.25, 0.3) is 5.91 Å². The Labute approximate surface area is 141 Å². The second-order valence-corrected chi connectivity index (χ2v) is 5.33. The lowest BCUT2D eigenvalue weighted by molar-refractivity contribution is -0.138. The Balaban J connectivity index is 2.19. The van der Waals surface area contributed by atoms with E-state index >= 15 is 0 Å². The van der Waals surface area contributed by atoms with Crippen molar-refractivity contribution in [2.24, 2.45) is 0 Å². The predicted octanol–water partition coefficient (Wildman–Crippen LogP) is 2.65. The number of carbonyl (C=O) groups is 2. The number of amides is 1. The Bertz CT molecular complexity index is 754. The fourth-order valence-corrected chi connectivity index (χ4v) is 2.21. The number of nitrogens with zero attached hydrogens (tertiary/aromatic N) is 3. The van der Waals surface area contributed by atoms with Crippen molar-refractivity contribution in [2.45, 2.75) is 26.2 Å². The van der Waals surface area contributed by atoms with Gasteiger partial charge in [0, 0.05) is 19.3 Å². The van der Waals surface area contributed by atoms with Crippen LogP contribution < -0.4 is 0 Å². The number of aliphatic carboxylic acids is 1. The molecule has 0 aliphatic rings. The fraction of sp³-hybridized carbons (Fsp3) is 0.312. The largest absolute Gasteiger partial charge is 0.480 e. The van der Waals surface area contributed by atoms with Gasteiger partial charge < -0.3 is 10.0 Å². The molecular formula is C16H16F3N3O3. The summed E-state index contributed by atoms with van der Waals surface area (Å²) in [5, 5.41) is 13.0. The van der Waals surface area contributed by atoms with Crippen LogP contribution in [0.15, 0.2) is 36.7 Å². The first-order valence-corrected chi connectivity index (χ1v) is 7.40. The second-order valence-electron chi connectivity index (χ2n) is 5.33. The van der Waals surface area contributed by atoms with Crippen LogP contribution in [0, 0.1) is 0 Å². The van der Waals surface area contributed by atoms with E-state index in [-0.39, 0.29) is 12.1 Å². The Morgan fingerprint density at radius 2 is 1.88 bits per heavy atom. The minimum absolute atomic E-state index is 0.124. The van der Waals surface area contributed by atoms with Gasteiger partial charge in [-0.2, -0.15) is 18.3 Å². The van der Waals surface area contributed by atoms with Crippen molar-refractivity contribution in [3.63, 3.8) is 0 Å². The number of carbonyl (C=O) groups excluding carboxylic acids is 1. The predicted molar refractivity (Wildman–Crippen MR) is 81.7 cm³/mol. The van der Waals surface area contributed by atoms with Crippen LogP contribution in [-0.4, -0.2) is 38.2 Å². The standard InChI is InChI=1S/C16H16F3N3O3/c1-2-22-9-12(7-20-22)15(25)21(10-14(23)24)8-11-3-5-13(6-4-11)16(17,18)19/h3-7,9H,2,8,10H2,1H3,(H,23,24). The minimum atomic E-state index is -4.45. The molecule has 0 saturated carbocycles. The number of hydrogen-bond acceptors (Lipinski definition) is 3. The highest BCUT2D eigenvalue weighted by atomic mass is 19.4. The van der Waals surface area contributed by atoms with E-state index in [0.29, 0.717) is 12.1 Å². The molecule has 0 unspecified atom stereocenters. The summed E-state index contributed by atoms with van der Waals surface area (Å²) in [5.74, 6) is -1.77. The molecule has 0 atom stereocenters. The maximum absolute atomic E-state index is 12.6. The second kappa shape index (κ2) is 7.37. The minimum Gasteiger partial charge on any atom is -0.480 e. The smallest absolute Gasteiger partial charge is 0.416 e. The Kier molecular flexibility index (Phi) is 5.45. The summed E-state index contributed by atoms with van der Waals surface area (Å²) in [6.45, 7) is 1.68. The van der Waals surface area contributed by atoms with Gasteiger partial charge in [-0.25, -0.2) is 0 Å². The van der Waals surface area contributed by atoms with Crippen LogP contribution in [0.4, 0.5) is 13.2 Å². The molecule has 0 radical (unpaired) electrons. The molecule has 1 amide bonds. The molecule has 0 bridgehead atoms. The molecule has 134 valence electrons. The Hall–Kier alpha value is -2.84. The van der Waals surface area contributed by atoms with E-state index in [4.69, 9.17) is 5.11 Å². The molecule has 9 heteroatoms. The van der Waals surface area contributed by atoms with Gasteiger partial charge in [-0.1, -0.05) is 12.1 Å². The third kappa shape index (κ3) is 4.82. The number of aromatic nitrogens is 2. The number of rotatable bonds is 6. The van der Waals surface area contributed by atoms with Crippen molar-refractivity contribution in [1.29, 1.82) is 0 Å². The highest BCUT2D eigenvalue weighted by molar-refractivity contribution is 5.95. The zero-order valence-corrected chi connectivity index (χ0v) is 13.3. The third-order valence-corrected chi connectivity index (χ3v) is 3.47. The first kappa shape index (κ1) is 18.5. The third-order valence-electron chi connectivity index (χ3n) is 3.47. The van der Waals surface area contributed by atoms with Crippen LogP contribution in [-0.2, 0) is 24.1 Å². The van der Waals surface area contributed by atoms with Crippen LogP contribution in [0.2, 0.25) is 0 Å². The highest BCUT2D eigenvalue weighted by Gasteiger charge is 2.30. The monoisotopic (exact) mass is 355 g/mol. The maximum Gasteiger partial charge on any atom is 0.416 e. The molecule has 1 heterocycles. The number of carboxylic acid groups (broad SMARTS) is 1. The molecule has 0 aliphatic heterocycles. The van der Waals surface area contributed by atoms with Crippen molar-refractivity contribution in [3.05, 3.63) is 53.3 Å².